The van der Waals surface area contributed by atoms with Gasteiger partial charge in [-0.15, -0.1) is 0 Å². The van der Waals surface area contributed by atoms with E-state index in [9.17, 15) is 32.4 Å². The lowest BCUT2D eigenvalue weighted by Gasteiger charge is -2.35. The molecule has 55 heavy (non-hydrogen) atoms. The Balaban J connectivity index is 1.27. The minimum atomic E-state index is -3.89. The Bertz CT molecular complexity index is 1840. The first-order valence-corrected chi connectivity index (χ1v) is 20.8. The monoisotopic (exact) mass is 785 g/mol. The molecule has 1 aromatic rings. The van der Waals surface area contributed by atoms with Crippen molar-refractivity contribution in [3.05, 3.63) is 41.5 Å². The summed E-state index contributed by atoms with van der Waals surface area (Å²) in [7, 11) is -3.89. The molecule has 3 N–H and O–H groups in total. The van der Waals surface area contributed by atoms with Crippen molar-refractivity contribution in [2.75, 3.05) is 19.8 Å². The highest BCUT2D eigenvalue weighted by atomic mass is 32.2. The largest absolute Gasteiger partial charge is 0.489 e. The first-order chi connectivity index (χ1) is 25.8. The quantitative estimate of drug-likeness (QED) is 0.357. The number of sulfonamides is 1. The summed E-state index contributed by atoms with van der Waals surface area (Å²) in [5.41, 5.74) is -0.902. The second kappa shape index (κ2) is 15.3. The van der Waals surface area contributed by atoms with Gasteiger partial charge in [-0.3, -0.25) is 24.0 Å². The molecular formula is C39H55N5O10S. The molecule has 4 bridgehead atoms. The molecule has 1 unspecified atom stereocenters. The molecule has 302 valence electrons. The van der Waals surface area contributed by atoms with Gasteiger partial charge in [0.25, 0.3) is 5.91 Å². The number of cyclic esters (lactones) is 1. The number of alkyl carbamates (subject to hydrolysis) is 1. The van der Waals surface area contributed by atoms with E-state index in [2.05, 4.69) is 15.4 Å². The van der Waals surface area contributed by atoms with Gasteiger partial charge in [-0.1, -0.05) is 72.2 Å². The van der Waals surface area contributed by atoms with Crippen LogP contribution in [0.4, 0.5) is 9.59 Å². The number of amides is 5. The molecule has 0 radical (unpaired) electrons. The van der Waals surface area contributed by atoms with Gasteiger partial charge >= 0.3 is 12.2 Å². The highest BCUT2D eigenvalue weighted by molar-refractivity contribution is 7.91. The van der Waals surface area contributed by atoms with Crippen molar-refractivity contribution in [2.45, 2.75) is 129 Å². The zero-order valence-corrected chi connectivity index (χ0v) is 33.5. The molecule has 1 aromatic carbocycles. The van der Waals surface area contributed by atoms with Crippen molar-refractivity contribution in [2.24, 2.45) is 16.7 Å². The Hall–Kier alpha value is -4.34. The maximum absolute atomic E-state index is 14.5. The van der Waals surface area contributed by atoms with E-state index in [0.29, 0.717) is 38.0 Å². The van der Waals surface area contributed by atoms with E-state index >= 15 is 0 Å². The van der Waals surface area contributed by atoms with E-state index in [-0.39, 0.29) is 50.4 Å². The fourth-order valence-corrected chi connectivity index (χ4v) is 9.01. The molecule has 5 atom stereocenters. The summed E-state index contributed by atoms with van der Waals surface area (Å²) in [5, 5.41) is 4.91. The fraction of sp³-hybridized carbons (Fsp3) is 0.667. The number of rotatable bonds is 6. The molecule has 15 nitrogen and oxygen atoms in total. The summed E-state index contributed by atoms with van der Waals surface area (Å²) in [6.45, 7) is 11.9. The first kappa shape index (κ1) is 40.3. The van der Waals surface area contributed by atoms with E-state index in [1.807, 2.05) is 51.1 Å². The summed E-state index contributed by atoms with van der Waals surface area (Å²) >= 11 is 0. The smallest absolute Gasteiger partial charge is 0.410 e. The lowest BCUT2D eigenvalue weighted by Crippen LogP contribution is -2.60. The third-order valence-electron chi connectivity index (χ3n) is 11.3. The molecule has 5 aliphatic rings. The van der Waals surface area contributed by atoms with Gasteiger partial charge in [0.1, 0.15) is 36.1 Å². The first-order valence-electron chi connectivity index (χ1n) is 19.3. The van der Waals surface area contributed by atoms with Crippen LogP contribution in [0, 0.1) is 16.7 Å². The van der Waals surface area contributed by atoms with Crippen molar-refractivity contribution in [3.63, 3.8) is 0 Å². The van der Waals surface area contributed by atoms with Crippen molar-refractivity contribution in [3.8, 4) is 5.75 Å². The number of fused-ring (bicyclic) bond motifs is 3. The van der Waals surface area contributed by atoms with Crippen molar-refractivity contribution in [1.29, 1.82) is 0 Å². The molecule has 3 heterocycles. The summed E-state index contributed by atoms with van der Waals surface area (Å²) in [6, 6.07) is 3.30. The zero-order chi connectivity index (χ0) is 39.9. The van der Waals surface area contributed by atoms with Crippen LogP contribution in [0.1, 0.15) is 97.6 Å². The lowest BCUT2D eigenvalue weighted by atomic mass is 9.85. The van der Waals surface area contributed by atoms with Gasteiger partial charge in [0, 0.05) is 18.5 Å². The second-order valence-electron chi connectivity index (χ2n) is 17.4. The van der Waals surface area contributed by atoms with Crippen molar-refractivity contribution < 1.29 is 46.6 Å². The second-order valence-corrected chi connectivity index (χ2v) is 19.4. The van der Waals surface area contributed by atoms with E-state index in [0.717, 1.165) is 17.5 Å². The van der Waals surface area contributed by atoms with E-state index in [1.54, 1.807) is 20.8 Å². The molecule has 2 aliphatic carbocycles. The highest BCUT2D eigenvalue weighted by Gasteiger charge is 2.62. The summed E-state index contributed by atoms with van der Waals surface area (Å²) in [5.74, 6) is -1.74. The number of ether oxygens (including phenoxy) is 3. The minimum absolute atomic E-state index is 0.0881. The van der Waals surface area contributed by atoms with Gasteiger partial charge in [-0.2, -0.15) is 0 Å². The van der Waals surface area contributed by atoms with E-state index in [1.165, 1.54) is 9.80 Å². The summed E-state index contributed by atoms with van der Waals surface area (Å²) in [4.78, 5) is 72.1. The number of hydrogen-bond donors (Lipinski definition) is 3. The number of nitrogens with one attached hydrogen (secondary N) is 3. The van der Waals surface area contributed by atoms with Gasteiger partial charge in [-0.25, -0.2) is 18.0 Å². The van der Waals surface area contributed by atoms with Gasteiger partial charge < -0.3 is 29.7 Å². The van der Waals surface area contributed by atoms with Crippen LogP contribution in [0.5, 0.6) is 5.75 Å². The molecule has 3 aliphatic heterocycles. The van der Waals surface area contributed by atoms with Gasteiger partial charge in [0.2, 0.25) is 21.8 Å². The topological polar surface area (TPSA) is 190 Å². The number of benzene rings is 1. The predicted octanol–water partition coefficient (Wildman–Crippen LogP) is 3.90. The Labute approximate surface area is 323 Å². The number of carbonyl (C=O) groups is 5. The lowest BCUT2D eigenvalue weighted by molar-refractivity contribution is -0.143. The number of hydrogen-bond acceptors (Lipinski definition) is 10. The van der Waals surface area contributed by atoms with Gasteiger partial charge in [-0.05, 0) is 60.5 Å². The minimum Gasteiger partial charge on any atom is -0.489 e. The average Bonchev–Trinajstić information content (AvgIpc) is 4.00. The predicted molar refractivity (Wildman–Crippen MR) is 201 cm³/mol. The maximum atomic E-state index is 14.5. The van der Waals surface area contributed by atoms with Crippen LogP contribution < -0.4 is 20.1 Å². The zero-order valence-electron chi connectivity index (χ0n) is 32.6. The Morgan fingerprint density at radius 2 is 1.80 bits per heavy atom. The Kier molecular flexibility index (Phi) is 11.2. The number of carbonyl (C=O) groups excluding carboxylic acids is 5. The molecule has 3 fully saturated rings. The van der Waals surface area contributed by atoms with Crippen LogP contribution in [0.15, 0.2) is 30.4 Å². The number of nitrogens with zero attached hydrogens (tertiary/aromatic N) is 2. The van der Waals surface area contributed by atoms with Crippen LogP contribution in [0.25, 0.3) is 0 Å². The molecule has 1 saturated heterocycles. The molecule has 5 amide bonds. The van der Waals surface area contributed by atoms with E-state index < -0.39 is 74.3 Å². The molecule has 16 heteroatoms. The van der Waals surface area contributed by atoms with Crippen LogP contribution in [-0.4, -0.2) is 96.9 Å². The van der Waals surface area contributed by atoms with Crippen molar-refractivity contribution >= 4 is 39.9 Å². The average molecular weight is 786 g/mol. The maximum Gasteiger partial charge on any atom is 0.410 e. The fourth-order valence-electron chi connectivity index (χ4n) is 7.65. The standard InChI is InChI=1S/C39H55N5O10S/c1-7-25-19-39(25,34(47)42-55(50,51)27-14-15-27)41-32(45)29-18-26-21-44(29)33(46)31(37(2,3)4)40-35(48)53-23-38(5,6)16-9-8-10-17-52-30-13-11-12-24-20-43(22-28(24)30)36(49)54-26/h8,10-13,25-27,29,31H,7,9,14-23H2,1-6H3,(H,40,48)(H,41,45)(H,42,47)/b10-8+/t25-,26+,29?,31+,39-/m0/s1. The van der Waals surface area contributed by atoms with Gasteiger partial charge in [0.05, 0.1) is 24.9 Å². The van der Waals surface area contributed by atoms with Crippen molar-refractivity contribution in [1.82, 2.24) is 25.2 Å². The molecule has 0 aromatic heterocycles. The third kappa shape index (κ3) is 9.05. The normalized spacial score (nSPS) is 29.4. The highest BCUT2D eigenvalue weighted by Crippen LogP contribution is 2.47. The molecular weight excluding hydrogens is 731 g/mol. The van der Waals surface area contributed by atoms with Crippen LogP contribution >= 0.6 is 0 Å². The summed E-state index contributed by atoms with van der Waals surface area (Å²) < 4.78 is 45.3. The Morgan fingerprint density at radius 1 is 1.05 bits per heavy atom. The van der Waals surface area contributed by atoms with Crippen LogP contribution in [-0.2, 0) is 47.0 Å². The Morgan fingerprint density at radius 3 is 2.47 bits per heavy atom. The van der Waals surface area contributed by atoms with E-state index in [4.69, 9.17) is 14.2 Å². The third-order valence-corrected chi connectivity index (χ3v) is 13.1. The summed E-state index contributed by atoms with van der Waals surface area (Å²) in [6.07, 6.45) is 4.61. The molecule has 0 spiro atoms. The van der Waals surface area contributed by atoms with Crippen LogP contribution in [0.3, 0.4) is 0 Å². The van der Waals surface area contributed by atoms with Gasteiger partial charge in [0.15, 0.2) is 0 Å². The number of allylic oxidation sites excluding steroid dienone is 1. The SMILES string of the molecule is CC[C@H]1C[C@@]1(NC(=O)C1C[C@@H]2CN1C(=O)[C@H](C(C)(C)C)NC(=O)OCC(C)(C)CC/C=C/COc1cccc3c1CN(C3)C(=O)O2)C(=O)NS(=O)(=O)C1CC1. The van der Waals surface area contributed by atoms with Crippen LogP contribution in [0.2, 0.25) is 0 Å². The molecule has 6 rings (SSSR count). The molecule has 2 saturated carbocycles.